The number of sulfonamides is 1. The zero-order valence-electron chi connectivity index (χ0n) is 11.5. The lowest BCUT2D eigenvalue weighted by Gasteiger charge is -2.08. The molecule has 21 heavy (non-hydrogen) atoms. The average molecular weight is 310 g/mol. The Morgan fingerprint density at radius 1 is 1.43 bits per heavy atom. The zero-order chi connectivity index (χ0) is 14.7. The van der Waals surface area contributed by atoms with Crippen LogP contribution >= 0.6 is 0 Å². The summed E-state index contributed by atoms with van der Waals surface area (Å²) in [6, 6.07) is 0.518. The van der Waals surface area contributed by atoms with Crippen LogP contribution in [-0.4, -0.2) is 40.8 Å². The van der Waals surface area contributed by atoms with Crippen LogP contribution in [0.1, 0.15) is 18.4 Å². The molecule has 1 aliphatic rings. The quantitative estimate of drug-likeness (QED) is 0.628. The Morgan fingerprint density at radius 3 is 3.00 bits per heavy atom. The smallest absolute Gasteiger partial charge is 0.257 e. The standard InChI is InChI=1S/C12H18N6O2S/c19-21(20,16-4-6-18-5-3-13-9-18)12-10(8-15-17-12)7-14-11-1-2-11/h3,5,8-9,11,14,16H,1-2,4,6-7H2,(H,15,17). The van der Waals surface area contributed by atoms with E-state index in [0.29, 0.717) is 31.2 Å². The van der Waals surface area contributed by atoms with Gasteiger partial charge in [0.1, 0.15) is 0 Å². The molecule has 2 aromatic rings. The average Bonchev–Trinajstić information content (AvgIpc) is 2.93. The van der Waals surface area contributed by atoms with E-state index in [0.717, 1.165) is 12.8 Å². The highest BCUT2D eigenvalue weighted by atomic mass is 32.2. The monoisotopic (exact) mass is 310 g/mol. The Kier molecular flexibility index (Phi) is 4.04. The van der Waals surface area contributed by atoms with E-state index in [9.17, 15) is 8.42 Å². The van der Waals surface area contributed by atoms with Crippen LogP contribution in [0.4, 0.5) is 0 Å². The molecular weight excluding hydrogens is 292 g/mol. The lowest BCUT2D eigenvalue weighted by molar-refractivity contribution is 0.565. The molecule has 0 unspecified atom stereocenters. The summed E-state index contributed by atoms with van der Waals surface area (Å²) in [5.41, 5.74) is 0.664. The molecule has 114 valence electrons. The summed E-state index contributed by atoms with van der Waals surface area (Å²) in [5.74, 6) is 0. The lowest BCUT2D eigenvalue weighted by Crippen LogP contribution is -2.29. The third kappa shape index (κ3) is 3.69. The number of imidazole rings is 1. The van der Waals surface area contributed by atoms with Gasteiger partial charge in [0.25, 0.3) is 10.0 Å². The van der Waals surface area contributed by atoms with E-state index in [4.69, 9.17) is 0 Å². The molecule has 3 rings (SSSR count). The number of aromatic amines is 1. The zero-order valence-corrected chi connectivity index (χ0v) is 12.3. The molecule has 0 spiro atoms. The van der Waals surface area contributed by atoms with Crippen molar-refractivity contribution in [3.8, 4) is 0 Å². The minimum Gasteiger partial charge on any atom is -0.336 e. The van der Waals surface area contributed by atoms with Crippen molar-refractivity contribution in [2.24, 2.45) is 0 Å². The van der Waals surface area contributed by atoms with Crippen molar-refractivity contribution >= 4 is 10.0 Å². The molecule has 1 saturated carbocycles. The second kappa shape index (κ2) is 5.96. The molecule has 0 aliphatic heterocycles. The summed E-state index contributed by atoms with van der Waals surface area (Å²) in [5, 5.41) is 9.85. The number of rotatable bonds is 8. The molecule has 1 aliphatic carbocycles. The van der Waals surface area contributed by atoms with Gasteiger partial charge in [-0.1, -0.05) is 0 Å². The lowest BCUT2D eigenvalue weighted by atomic mass is 10.3. The summed E-state index contributed by atoms with van der Waals surface area (Å²) in [6.07, 6.45) is 8.96. The van der Waals surface area contributed by atoms with Crippen molar-refractivity contribution in [2.45, 2.75) is 37.0 Å². The minimum atomic E-state index is -3.57. The van der Waals surface area contributed by atoms with Gasteiger partial charge in [0.05, 0.1) is 12.5 Å². The number of aromatic nitrogens is 4. The van der Waals surface area contributed by atoms with Crippen LogP contribution in [-0.2, 0) is 23.1 Å². The van der Waals surface area contributed by atoms with Gasteiger partial charge in [-0.05, 0) is 12.8 Å². The maximum atomic E-state index is 12.3. The van der Waals surface area contributed by atoms with Crippen molar-refractivity contribution < 1.29 is 8.42 Å². The first-order valence-corrected chi connectivity index (χ1v) is 8.34. The summed E-state index contributed by atoms with van der Waals surface area (Å²) in [7, 11) is -3.57. The summed E-state index contributed by atoms with van der Waals surface area (Å²) < 4.78 is 28.9. The number of H-pyrrole nitrogens is 1. The summed E-state index contributed by atoms with van der Waals surface area (Å²) in [6.45, 7) is 1.34. The first-order valence-electron chi connectivity index (χ1n) is 6.86. The first-order chi connectivity index (χ1) is 10.1. The van der Waals surface area contributed by atoms with Gasteiger partial charge in [0, 0.05) is 43.6 Å². The molecule has 2 aromatic heterocycles. The van der Waals surface area contributed by atoms with Crippen molar-refractivity contribution in [1.82, 2.24) is 29.8 Å². The second-order valence-electron chi connectivity index (χ2n) is 5.08. The molecule has 0 aromatic carbocycles. The Balaban J connectivity index is 1.59. The van der Waals surface area contributed by atoms with Gasteiger partial charge < -0.3 is 9.88 Å². The Labute approximate surface area is 123 Å². The van der Waals surface area contributed by atoms with E-state index in [1.165, 1.54) is 0 Å². The predicted molar refractivity (Wildman–Crippen MR) is 75.9 cm³/mol. The number of hydrogen-bond acceptors (Lipinski definition) is 5. The highest BCUT2D eigenvalue weighted by molar-refractivity contribution is 7.89. The third-order valence-corrected chi connectivity index (χ3v) is 4.80. The highest BCUT2D eigenvalue weighted by Crippen LogP contribution is 2.20. The van der Waals surface area contributed by atoms with Crippen LogP contribution < -0.4 is 10.0 Å². The van der Waals surface area contributed by atoms with Crippen molar-refractivity contribution in [2.75, 3.05) is 6.54 Å². The highest BCUT2D eigenvalue weighted by Gasteiger charge is 2.24. The number of nitrogens with one attached hydrogen (secondary N) is 3. The predicted octanol–water partition coefficient (Wildman–Crippen LogP) is -0.163. The first kappa shape index (κ1) is 14.2. The third-order valence-electron chi connectivity index (χ3n) is 3.33. The van der Waals surface area contributed by atoms with Gasteiger partial charge in [0.2, 0.25) is 0 Å². The van der Waals surface area contributed by atoms with Crippen LogP contribution in [0, 0.1) is 0 Å². The van der Waals surface area contributed by atoms with Gasteiger partial charge in [0.15, 0.2) is 5.03 Å². The van der Waals surface area contributed by atoms with Crippen LogP contribution in [0.25, 0.3) is 0 Å². The van der Waals surface area contributed by atoms with Gasteiger partial charge >= 0.3 is 0 Å². The fourth-order valence-electron chi connectivity index (χ4n) is 2.00. The molecule has 3 N–H and O–H groups in total. The molecule has 0 radical (unpaired) electrons. The van der Waals surface area contributed by atoms with Crippen LogP contribution in [0.5, 0.6) is 0 Å². The fraction of sp³-hybridized carbons (Fsp3) is 0.500. The Hall–Kier alpha value is -1.71. The van der Waals surface area contributed by atoms with Gasteiger partial charge in [-0.25, -0.2) is 18.1 Å². The van der Waals surface area contributed by atoms with Crippen LogP contribution in [0.15, 0.2) is 29.9 Å². The second-order valence-corrected chi connectivity index (χ2v) is 6.78. The minimum absolute atomic E-state index is 0.140. The normalized spacial score (nSPS) is 15.4. The Morgan fingerprint density at radius 2 is 2.29 bits per heavy atom. The maximum Gasteiger partial charge on any atom is 0.257 e. The summed E-state index contributed by atoms with van der Waals surface area (Å²) in [4.78, 5) is 3.91. The van der Waals surface area contributed by atoms with Crippen molar-refractivity contribution in [1.29, 1.82) is 0 Å². The van der Waals surface area contributed by atoms with Crippen molar-refractivity contribution in [3.05, 3.63) is 30.5 Å². The molecule has 8 nitrogen and oxygen atoms in total. The molecule has 0 bridgehead atoms. The topological polar surface area (TPSA) is 105 Å². The molecule has 1 fully saturated rings. The van der Waals surface area contributed by atoms with E-state index in [1.807, 2.05) is 4.57 Å². The van der Waals surface area contributed by atoms with E-state index in [-0.39, 0.29) is 5.03 Å². The van der Waals surface area contributed by atoms with E-state index >= 15 is 0 Å². The van der Waals surface area contributed by atoms with E-state index in [1.54, 1.807) is 24.9 Å². The molecule has 0 amide bonds. The van der Waals surface area contributed by atoms with Gasteiger partial charge in [-0.3, -0.25) is 5.10 Å². The Bertz CT molecular complexity index is 674. The number of hydrogen-bond donors (Lipinski definition) is 3. The van der Waals surface area contributed by atoms with Crippen LogP contribution in [0.2, 0.25) is 0 Å². The van der Waals surface area contributed by atoms with E-state index < -0.39 is 10.0 Å². The molecule has 9 heteroatoms. The van der Waals surface area contributed by atoms with E-state index in [2.05, 4.69) is 25.2 Å². The largest absolute Gasteiger partial charge is 0.336 e. The molecule has 2 heterocycles. The van der Waals surface area contributed by atoms with Crippen LogP contribution in [0.3, 0.4) is 0 Å². The molecule has 0 saturated heterocycles. The summed E-state index contributed by atoms with van der Waals surface area (Å²) >= 11 is 0. The fourth-order valence-corrected chi connectivity index (χ4v) is 3.15. The molecular formula is C12H18N6O2S. The van der Waals surface area contributed by atoms with Crippen molar-refractivity contribution in [3.63, 3.8) is 0 Å². The van der Waals surface area contributed by atoms with Gasteiger partial charge in [-0.2, -0.15) is 5.10 Å². The maximum absolute atomic E-state index is 12.3. The number of nitrogens with zero attached hydrogens (tertiary/aromatic N) is 3. The molecule has 0 atom stereocenters. The SMILES string of the molecule is O=S(=O)(NCCn1ccnc1)c1[nH]ncc1CNC1CC1. The van der Waals surface area contributed by atoms with Gasteiger partial charge in [-0.15, -0.1) is 0 Å².